The minimum atomic E-state index is -0.482. The van der Waals surface area contributed by atoms with Crippen LogP contribution in [0, 0.1) is 0 Å². The molecule has 0 saturated heterocycles. The fourth-order valence-corrected chi connectivity index (χ4v) is 3.19. The first-order valence-corrected chi connectivity index (χ1v) is 7.73. The summed E-state index contributed by atoms with van der Waals surface area (Å²) in [5, 5.41) is 18.9. The van der Waals surface area contributed by atoms with Crippen molar-refractivity contribution in [2.45, 2.75) is 12.6 Å². The van der Waals surface area contributed by atoms with E-state index in [1.807, 2.05) is 41.1 Å². The number of hydrogen-bond acceptors (Lipinski definition) is 3. The summed E-state index contributed by atoms with van der Waals surface area (Å²) in [6, 6.07) is 9.89. The van der Waals surface area contributed by atoms with Gasteiger partial charge in [-0.05, 0) is 28.5 Å². The highest BCUT2D eigenvalue weighted by molar-refractivity contribution is 7.07. The molecule has 3 rings (SSSR count). The molecule has 0 fully saturated rings. The van der Waals surface area contributed by atoms with Crippen molar-refractivity contribution in [1.29, 1.82) is 0 Å². The quantitative estimate of drug-likeness (QED) is 0.673. The molecule has 3 N–H and O–H groups in total. The van der Waals surface area contributed by atoms with Gasteiger partial charge in [-0.15, -0.1) is 0 Å². The van der Waals surface area contributed by atoms with Crippen molar-refractivity contribution in [2.24, 2.45) is 0 Å². The number of halogens is 1. The van der Waals surface area contributed by atoms with E-state index in [-0.39, 0.29) is 0 Å². The predicted molar refractivity (Wildman–Crippen MR) is 84.3 cm³/mol. The molecule has 104 valence electrons. The number of aromatic nitrogens is 1. The molecule has 1 unspecified atom stereocenters. The topological polar surface area (TPSA) is 48.0 Å². The molecule has 0 aliphatic rings. The Kier molecular flexibility index (Phi) is 4.08. The van der Waals surface area contributed by atoms with Crippen LogP contribution < -0.4 is 5.32 Å². The molecule has 0 amide bonds. The highest BCUT2D eigenvalue weighted by atomic mass is 35.5. The van der Waals surface area contributed by atoms with Crippen LogP contribution in [0.4, 0.5) is 0 Å². The lowest BCUT2D eigenvalue weighted by Crippen LogP contribution is -2.21. The molecular weight excluding hydrogens is 292 g/mol. The molecule has 0 radical (unpaired) electrons. The molecule has 3 nitrogen and oxygen atoms in total. The fourth-order valence-electron chi connectivity index (χ4n) is 2.20. The van der Waals surface area contributed by atoms with Crippen molar-refractivity contribution in [3.05, 3.63) is 57.4 Å². The Bertz CT molecular complexity index is 693. The van der Waals surface area contributed by atoms with E-state index in [9.17, 15) is 5.11 Å². The number of thiophene rings is 1. The standard InChI is InChI=1S/C15H15ClN2OS/c16-15-11-3-1-2-4-12(11)18-13(15)7-17-8-14(19)10-5-6-20-9-10/h1-6,9,14,17-19H,7-8H2. The fraction of sp³-hybridized carbons (Fsp3) is 0.200. The Hall–Kier alpha value is -1.33. The Balaban J connectivity index is 1.64. The minimum absolute atomic E-state index is 0.482. The van der Waals surface area contributed by atoms with E-state index in [1.165, 1.54) is 0 Å². The number of H-pyrrole nitrogens is 1. The molecule has 0 spiro atoms. The van der Waals surface area contributed by atoms with Gasteiger partial charge in [-0.1, -0.05) is 29.8 Å². The monoisotopic (exact) mass is 306 g/mol. The third kappa shape index (κ3) is 2.74. The van der Waals surface area contributed by atoms with Crippen LogP contribution in [0.2, 0.25) is 5.02 Å². The van der Waals surface area contributed by atoms with Crippen molar-refractivity contribution in [1.82, 2.24) is 10.3 Å². The van der Waals surface area contributed by atoms with Gasteiger partial charge in [0.15, 0.2) is 0 Å². The zero-order valence-corrected chi connectivity index (χ0v) is 12.3. The summed E-state index contributed by atoms with van der Waals surface area (Å²) in [5.74, 6) is 0. The first kappa shape index (κ1) is 13.6. The maximum absolute atomic E-state index is 10.00. The number of aromatic amines is 1. The lowest BCUT2D eigenvalue weighted by Gasteiger charge is -2.10. The van der Waals surface area contributed by atoms with Gasteiger partial charge in [0.25, 0.3) is 0 Å². The maximum atomic E-state index is 10.00. The van der Waals surface area contributed by atoms with Gasteiger partial charge in [0.05, 0.1) is 11.1 Å². The van der Waals surface area contributed by atoms with Crippen molar-refractivity contribution < 1.29 is 5.11 Å². The lowest BCUT2D eigenvalue weighted by molar-refractivity contribution is 0.174. The summed E-state index contributed by atoms with van der Waals surface area (Å²) in [7, 11) is 0. The molecular formula is C15H15ClN2OS. The van der Waals surface area contributed by atoms with Crippen LogP contribution in [0.15, 0.2) is 41.1 Å². The second kappa shape index (κ2) is 5.97. The van der Waals surface area contributed by atoms with Gasteiger partial charge >= 0.3 is 0 Å². The summed E-state index contributed by atoms with van der Waals surface area (Å²) in [5.41, 5.74) is 2.93. The minimum Gasteiger partial charge on any atom is -0.387 e. The van der Waals surface area contributed by atoms with Crippen LogP contribution >= 0.6 is 22.9 Å². The van der Waals surface area contributed by atoms with Crippen LogP contribution in [-0.2, 0) is 6.54 Å². The highest BCUT2D eigenvalue weighted by Crippen LogP contribution is 2.27. The second-order valence-electron chi connectivity index (χ2n) is 4.67. The zero-order chi connectivity index (χ0) is 13.9. The molecule has 20 heavy (non-hydrogen) atoms. The predicted octanol–water partition coefficient (Wildman–Crippen LogP) is 3.71. The van der Waals surface area contributed by atoms with Crippen molar-refractivity contribution in [3.63, 3.8) is 0 Å². The molecule has 0 aliphatic carbocycles. The van der Waals surface area contributed by atoms with E-state index in [0.717, 1.165) is 27.2 Å². The average Bonchev–Trinajstić information content (AvgIpc) is 3.09. The Labute approximate surface area is 126 Å². The van der Waals surface area contributed by atoms with E-state index in [0.29, 0.717) is 13.1 Å². The Morgan fingerprint density at radius 3 is 2.90 bits per heavy atom. The molecule has 2 aromatic heterocycles. The van der Waals surface area contributed by atoms with E-state index in [4.69, 9.17) is 11.6 Å². The number of hydrogen-bond donors (Lipinski definition) is 3. The zero-order valence-electron chi connectivity index (χ0n) is 10.8. The van der Waals surface area contributed by atoms with E-state index < -0.39 is 6.10 Å². The number of para-hydroxylation sites is 1. The second-order valence-corrected chi connectivity index (χ2v) is 5.82. The number of fused-ring (bicyclic) bond motifs is 1. The largest absolute Gasteiger partial charge is 0.387 e. The first-order chi connectivity index (χ1) is 9.75. The van der Waals surface area contributed by atoms with Gasteiger partial charge in [-0.25, -0.2) is 0 Å². The number of benzene rings is 1. The third-order valence-corrected chi connectivity index (χ3v) is 4.41. The summed E-state index contributed by atoms with van der Waals surface area (Å²) in [6.45, 7) is 1.11. The average molecular weight is 307 g/mol. The number of rotatable bonds is 5. The van der Waals surface area contributed by atoms with Crippen LogP contribution in [0.25, 0.3) is 10.9 Å². The van der Waals surface area contributed by atoms with Gasteiger partial charge in [0.2, 0.25) is 0 Å². The summed E-state index contributed by atoms with van der Waals surface area (Å²) >= 11 is 7.93. The van der Waals surface area contributed by atoms with E-state index in [1.54, 1.807) is 11.3 Å². The molecule has 3 aromatic rings. The number of aliphatic hydroxyl groups is 1. The van der Waals surface area contributed by atoms with Crippen LogP contribution in [0.1, 0.15) is 17.4 Å². The summed E-state index contributed by atoms with van der Waals surface area (Å²) in [4.78, 5) is 3.30. The van der Waals surface area contributed by atoms with Crippen molar-refractivity contribution in [3.8, 4) is 0 Å². The smallest absolute Gasteiger partial charge is 0.0922 e. The number of nitrogens with one attached hydrogen (secondary N) is 2. The lowest BCUT2D eigenvalue weighted by atomic mass is 10.2. The Morgan fingerprint density at radius 2 is 2.15 bits per heavy atom. The molecule has 1 atom stereocenters. The van der Waals surface area contributed by atoms with Crippen LogP contribution in [0.3, 0.4) is 0 Å². The SMILES string of the molecule is OC(CNCc1[nH]c2ccccc2c1Cl)c1ccsc1. The van der Waals surface area contributed by atoms with E-state index in [2.05, 4.69) is 10.3 Å². The first-order valence-electron chi connectivity index (χ1n) is 6.41. The van der Waals surface area contributed by atoms with Crippen molar-refractivity contribution >= 4 is 33.8 Å². The number of aliphatic hydroxyl groups excluding tert-OH is 1. The molecule has 0 bridgehead atoms. The molecule has 0 saturated carbocycles. The molecule has 2 heterocycles. The highest BCUT2D eigenvalue weighted by Gasteiger charge is 2.10. The molecule has 5 heteroatoms. The molecule has 0 aliphatic heterocycles. The normalized spacial score (nSPS) is 12.9. The molecule has 1 aromatic carbocycles. The van der Waals surface area contributed by atoms with E-state index >= 15 is 0 Å². The van der Waals surface area contributed by atoms with Gasteiger partial charge in [0, 0.05) is 29.7 Å². The summed E-state index contributed by atoms with van der Waals surface area (Å²) in [6.07, 6.45) is -0.482. The third-order valence-electron chi connectivity index (χ3n) is 3.28. The van der Waals surface area contributed by atoms with Gasteiger partial charge in [-0.3, -0.25) is 0 Å². The van der Waals surface area contributed by atoms with Crippen molar-refractivity contribution in [2.75, 3.05) is 6.54 Å². The van der Waals surface area contributed by atoms with Crippen LogP contribution in [-0.4, -0.2) is 16.6 Å². The van der Waals surface area contributed by atoms with Crippen LogP contribution in [0.5, 0.6) is 0 Å². The van der Waals surface area contributed by atoms with Gasteiger partial charge < -0.3 is 15.4 Å². The maximum Gasteiger partial charge on any atom is 0.0922 e. The van der Waals surface area contributed by atoms with Gasteiger partial charge in [-0.2, -0.15) is 11.3 Å². The Morgan fingerprint density at radius 1 is 1.30 bits per heavy atom. The summed E-state index contributed by atoms with van der Waals surface area (Å²) < 4.78 is 0. The van der Waals surface area contributed by atoms with Gasteiger partial charge in [0.1, 0.15) is 0 Å².